The van der Waals surface area contributed by atoms with E-state index in [1.165, 1.54) is 7.11 Å². The van der Waals surface area contributed by atoms with Crippen molar-refractivity contribution in [1.82, 2.24) is 9.55 Å². The molecule has 2 N–H and O–H groups in total. The van der Waals surface area contributed by atoms with Crippen LogP contribution in [0.1, 0.15) is 56.4 Å². The Hall–Kier alpha value is -2.65. The van der Waals surface area contributed by atoms with Gasteiger partial charge in [-0.25, -0.2) is 9.78 Å². The predicted molar refractivity (Wildman–Crippen MR) is 126 cm³/mol. The monoisotopic (exact) mass is 458 g/mol. The van der Waals surface area contributed by atoms with Crippen LogP contribution in [-0.4, -0.2) is 60.5 Å². The average Bonchev–Trinajstić information content (AvgIpc) is 3.45. The van der Waals surface area contributed by atoms with Gasteiger partial charge in [0.05, 0.1) is 37.3 Å². The lowest BCUT2D eigenvalue weighted by Gasteiger charge is -2.24. The van der Waals surface area contributed by atoms with Crippen molar-refractivity contribution in [1.29, 1.82) is 0 Å². The summed E-state index contributed by atoms with van der Waals surface area (Å²) in [7, 11) is 1.35. The summed E-state index contributed by atoms with van der Waals surface area (Å²) >= 11 is 0. The maximum Gasteiger partial charge on any atom is 0.356 e. The van der Waals surface area contributed by atoms with Crippen LogP contribution in [0.2, 0.25) is 0 Å². The van der Waals surface area contributed by atoms with Crippen molar-refractivity contribution in [2.24, 2.45) is 5.92 Å². The second-order valence-corrected chi connectivity index (χ2v) is 8.89. The van der Waals surface area contributed by atoms with Crippen LogP contribution in [0.3, 0.4) is 0 Å². The molecule has 33 heavy (non-hydrogen) atoms. The maximum absolute atomic E-state index is 12.9. The van der Waals surface area contributed by atoms with E-state index in [4.69, 9.17) is 19.2 Å². The van der Waals surface area contributed by atoms with Crippen LogP contribution < -0.4 is 10.6 Å². The molecule has 2 aromatic heterocycles. The standard InChI is InChI=1S/C24H34N4O5/c1-4-15(2)23(29)27-20-19-12-17(26-16-7-10-32-11-8-16)13-25-22(19)28(21(20)24(30)31-3)14-18-6-5-9-33-18/h12-13,15-16,18,26H,4-11,14H2,1-3H3,(H,27,29)/t15-,18-/m0/s1. The largest absolute Gasteiger partial charge is 0.464 e. The number of aromatic nitrogens is 2. The maximum atomic E-state index is 12.9. The van der Waals surface area contributed by atoms with Crippen molar-refractivity contribution in [3.63, 3.8) is 0 Å². The van der Waals surface area contributed by atoms with E-state index >= 15 is 0 Å². The highest BCUT2D eigenvalue weighted by molar-refractivity contribution is 6.11. The first kappa shape index (κ1) is 23.5. The number of methoxy groups -OCH3 is 1. The second kappa shape index (κ2) is 10.5. The van der Waals surface area contributed by atoms with Gasteiger partial charge in [-0.15, -0.1) is 0 Å². The summed E-state index contributed by atoms with van der Waals surface area (Å²) in [5.41, 5.74) is 2.22. The van der Waals surface area contributed by atoms with E-state index < -0.39 is 5.97 Å². The van der Waals surface area contributed by atoms with Crippen molar-refractivity contribution in [3.8, 4) is 0 Å². The van der Waals surface area contributed by atoms with E-state index in [1.807, 2.05) is 24.5 Å². The number of carbonyl (C=O) groups is 2. The molecule has 0 radical (unpaired) electrons. The van der Waals surface area contributed by atoms with Gasteiger partial charge in [-0.3, -0.25) is 4.79 Å². The van der Waals surface area contributed by atoms with Crippen LogP contribution in [-0.2, 0) is 25.5 Å². The fraction of sp³-hybridized carbons (Fsp3) is 0.625. The first-order chi connectivity index (χ1) is 16.0. The molecule has 1 amide bonds. The third-order valence-corrected chi connectivity index (χ3v) is 6.59. The van der Waals surface area contributed by atoms with E-state index in [-0.39, 0.29) is 17.9 Å². The second-order valence-electron chi connectivity index (χ2n) is 8.89. The van der Waals surface area contributed by atoms with Crippen molar-refractivity contribution < 1.29 is 23.8 Å². The molecular weight excluding hydrogens is 424 g/mol. The molecule has 0 unspecified atom stereocenters. The van der Waals surface area contributed by atoms with E-state index in [9.17, 15) is 9.59 Å². The van der Waals surface area contributed by atoms with E-state index in [2.05, 4.69) is 10.6 Å². The summed E-state index contributed by atoms with van der Waals surface area (Å²) in [6, 6.07) is 2.26. The molecule has 4 rings (SSSR count). The van der Waals surface area contributed by atoms with Crippen molar-refractivity contribution in [2.75, 3.05) is 37.6 Å². The fourth-order valence-corrected chi connectivity index (χ4v) is 4.42. The van der Waals surface area contributed by atoms with Gasteiger partial charge in [0.1, 0.15) is 5.65 Å². The molecule has 0 aromatic carbocycles. The topological polar surface area (TPSA) is 104 Å². The minimum atomic E-state index is -0.510. The third-order valence-electron chi connectivity index (χ3n) is 6.59. The minimum Gasteiger partial charge on any atom is -0.464 e. The van der Waals surface area contributed by atoms with E-state index in [1.54, 1.807) is 6.20 Å². The SMILES string of the molecule is CC[C@H](C)C(=O)Nc1c(C(=O)OC)n(C[C@@H]2CCCO2)c2ncc(NC3CCOCC3)cc12. The molecule has 9 heteroatoms. The van der Waals surface area contributed by atoms with Crippen LogP contribution in [0.4, 0.5) is 11.4 Å². The number of pyridine rings is 1. The smallest absolute Gasteiger partial charge is 0.356 e. The molecule has 0 spiro atoms. The first-order valence-electron chi connectivity index (χ1n) is 11.9. The number of amides is 1. The quantitative estimate of drug-likeness (QED) is 0.583. The Kier molecular flexibility index (Phi) is 7.49. The number of hydrogen-bond acceptors (Lipinski definition) is 7. The first-order valence-corrected chi connectivity index (χ1v) is 11.9. The number of anilines is 2. The lowest BCUT2D eigenvalue weighted by Crippen LogP contribution is -2.27. The van der Waals surface area contributed by atoms with Crippen LogP contribution in [0.25, 0.3) is 11.0 Å². The molecule has 0 bridgehead atoms. The predicted octanol–water partition coefficient (Wildman–Crippen LogP) is 3.58. The third kappa shape index (κ3) is 5.14. The molecule has 0 saturated carbocycles. The highest BCUT2D eigenvalue weighted by atomic mass is 16.5. The van der Waals surface area contributed by atoms with Gasteiger partial charge in [0, 0.05) is 37.2 Å². The summed E-state index contributed by atoms with van der Waals surface area (Å²) < 4.78 is 18.2. The summed E-state index contributed by atoms with van der Waals surface area (Å²) in [5, 5.41) is 7.24. The molecule has 180 valence electrons. The molecule has 4 heterocycles. The Morgan fingerprint density at radius 2 is 2.06 bits per heavy atom. The molecule has 2 atom stereocenters. The Labute approximate surface area is 194 Å². The molecule has 2 aromatic rings. The molecule has 9 nitrogen and oxygen atoms in total. The van der Waals surface area contributed by atoms with Crippen LogP contribution in [0, 0.1) is 5.92 Å². The Balaban J connectivity index is 1.79. The summed E-state index contributed by atoms with van der Waals surface area (Å²) in [4.78, 5) is 30.5. The summed E-state index contributed by atoms with van der Waals surface area (Å²) in [5.74, 6) is -0.838. The Bertz CT molecular complexity index is 992. The van der Waals surface area contributed by atoms with Gasteiger partial charge in [0.25, 0.3) is 0 Å². The molecule has 2 aliphatic heterocycles. The van der Waals surface area contributed by atoms with Gasteiger partial charge >= 0.3 is 5.97 Å². The molecule has 0 aliphatic carbocycles. The van der Waals surface area contributed by atoms with Crippen molar-refractivity contribution >= 4 is 34.3 Å². The van der Waals surface area contributed by atoms with Crippen LogP contribution in [0.5, 0.6) is 0 Å². The van der Waals surface area contributed by atoms with Crippen molar-refractivity contribution in [3.05, 3.63) is 18.0 Å². The van der Waals surface area contributed by atoms with Gasteiger partial charge in [-0.2, -0.15) is 0 Å². The zero-order chi connectivity index (χ0) is 23.4. The number of nitrogens with one attached hydrogen (secondary N) is 2. The number of esters is 1. The number of rotatable bonds is 8. The number of hydrogen-bond donors (Lipinski definition) is 2. The van der Waals surface area contributed by atoms with E-state index in [0.29, 0.717) is 48.0 Å². The van der Waals surface area contributed by atoms with Crippen LogP contribution in [0.15, 0.2) is 12.3 Å². The molecular formula is C24H34N4O5. The van der Waals surface area contributed by atoms with Gasteiger partial charge in [0.15, 0.2) is 5.69 Å². The van der Waals surface area contributed by atoms with Gasteiger partial charge in [-0.1, -0.05) is 13.8 Å². The molecule has 2 aliphatic rings. The number of carbonyl (C=O) groups excluding carboxylic acids is 2. The normalized spacial score (nSPS) is 20.0. The fourth-order valence-electron chi connectivity index (χ4n) is 4.42. The molecule has 2 saturated heterocycles. The Morgan fingerprint density at radius 3 is 2.73 bits per heavy atom. The lowest BCUT2D eigenvalue weighted by molar-refractivity contribution is -0.119. The van der Waals surface area contributed by atoms with Crippen molar-refractivity contribution in [2.45, 2.75) is 64.6 Å². The lowest BCUT2D eigenvalue weighted by atomic mass is 10.1. The van der Waals surface area contributed by atoms with Gasteiger partial charge in [-0.05, 0) is 38.2 Å². The highest BCUT2D eigenvalue weighted by Gasteiger charge is 2.29. The summed E-state index contributed by atoms with van der Waals surface area (Å²) in [6.07, 6.45) is 6.21. The highest BCUT2D eigenvalue weighted by Crippen LogP contribution is 2.34. The van der Waals surface area contributed by atoms with Gasteiger partial charge < -0.3 is 29.4 Å². The van der Waals surface area contributed by atoms with E-state index in [0.717, 1.165) is 44.6 Å². The summed E-state index contributed by atoms with van der Waals surface area (Å²) in [6.45, 7) is 6.47. The number of fused-ring (bicyclic) bond motifs is 1. The Morgan fingerprint density at radius 1 is 1.27 bits per heavy atom. The zero-order valence-electron chi connectivity index (χ0n) is 19.7. The zero-order valence-corrected chi connectivity index (χ0v) is 19.7. The average molecular weight is 459 g/mol. The number of nitrogens with zero attached hydrogens (tertiary/aromatic N) is 2. The minimum absolute atomic E-state index is 0.0102. The van der Waals surface area contributed by atoms with Crippen LogP contribution >= 0.6 is 0 Å². The van der Waals surface area contributed by atoms with Gasteiger partial charge in [0.2, 0.25) is 5.91 Å². The number of ether oxygens (including phenoxy) is 3. The molecule has 2 fully saturated rings.